The molecule has 1 heterocycles. The molecule has 14 heavy (non-hydrogen) atoms. The molecule has 82 valence electrons. The van der Waals surface area contributed by atoms with Crippen molar-refractivity contribution in [3.63, 3.8) is 0 Å². The molecular weight excluding hydrogens is 178 g/mol. The first-order valence-electron chi connectivity index (χ1n) is 5.70. The Balaban J connectivity index is 2.16. The van der Waals surface area contributed by atoms with Gasteiger partial charge in [-0.3, -0.25) is 4.79 Å². The lowest BCUT2D eigenvalue weighted by Gasteiger charge is -2.20. The summed E-state index contributed by atoms with van der Waals surface area (Å²) in [4.78, 5) is 13.4. The van der Waals surface area contributed by atoms with Gasteiger partial charge < -0.3 is 9.64 Å². The van der Waals surface area contributed by atoms with E-state index in [1.165, 1.54) is 6.42 Å². The highest BCUT2D eigenvalue weighted by Crippen LogP contribution is 2.10. The molecule has 0 atom stereocenters. The summed E-state index contributed by atoms with van der Waals surface area (Å²) in [6.07, 6.45) is 6.29. The smallest absolute Gasteiger partial charge is 0.224 e. The number of likely N-dealkylation sites (tertiary alicyclic amines) is 1. The highest BCUT2D eigenvalue weighted by atomic mass is 16.5. The van der Waals surface area contributed by atoms with Crippen LogP contribution in [0.5, 0.6) is 0 Å². The molecule has 1 amide bonds. The van der Waals surface area contributed by atoms with Crippen molar-refractivity contribution in [1.82, 2.24) is 4.90 Å². The maximum Gasteiger partial charge on any atom is 0.224 e. The fraction of sp³-hybridized carbons (Fsp3) is 0.909. The van der Waals surface area contributed by atoms with Crippen molar-refractivity contribution in [3.8, 4) is 0 Å². The topological polar surface area (TPSA) is 29.5 Å². The SMILES string of the molecule is CCCCOCN1CCCCCC1=O. The van der Waals surface area contributed by atoms with Gasteiger partial charge in [0.2, 0.25) is 5.91 Å². The molecule has 0 unspecified atom stereocenters. The monoisotopic (exact) mass is 199 g/mol. The molecule has 0 aromatic carbocycles. The minimum absolute atomic E-state index is 0.263. The Morgan fingerprint density at radius 3 is 3.00 bits per heavy atom. The summed E-state index contributed by atoms with van der Waals surface area (Å²) in [6.45, 7) is 4.30. The number of hydrogen-bond donors (Lipinski definition) is 0. The zero-order valence-corrected chi connectivity index (χ0v) is 9.13. The highest BCUT2D eigenvalue weighted by molar-refractivity contribution is 5.76. The van der Waals surface area contributed by atoms with Crippen molar-refractivity contribution < 1.29 is 9.53 Å². The molecule has 1 aliphatic heterocycles. The average molecular weight is 199 g/mol. The predicted molar refractivity (Wildman–Crippen MR) is 55.9 cm³/mol. The van der Waals surface area contributed by atoms with Crippen LogP contribution in [0.25, 0.3) is 0 Å². The number of carbonyl (C=O) groups excluding carboxylic acids is 1. The first kappa shape index (κ1) is 11.5. The largest absolute Gasteiger partial charge is 0.361 e. The molecule has 1 aliphatic rings. The van der Waals surface area contributed by atoms with E-state index < -0.39 is 0 Å². The lowest BCUT2D eigenvalue weighted by Crippen LogP contribution is -2.32. The minimum Gasteiger partial charge on any atom is -0.361 e. The van der Waals surface area contributed by atoms with Crippen LogP contribution in [-0.4, -0.2) is 30.7 Å². The van der Waals surface area contributed by atoms with Crippen LogP contribution >= 0.6 is 0 Å². The summed E-state index contributed by atoms with van der Waals surface area (Å²) in [5, 5.41) is 0. The molecule has 1 fully saturated rings. The van der Waals surface area contributed by atoms with E-state index in [0.717, 1.165) is 38.8 Å². The van der Waals surface area contributed by atoms with E-state index in [2.05, 4.69) is 6.92 Å². The number of nitrogens with zero attached hydrogens (tertiary/aromatic N) is 1. The molecule has 3 nitrogen and oxygen atoms in total. The Labute approximate surface area is 86.4 Å². The fourth-order valence-corrected chi connectivity index (χ4v) is 1.60. The van der Waals surface area contributed by atoms with Crippen LogP contribution in [0.2, 0.25) is 0 Å². The molecule has 0 spiro atoms. The van der Waals surface area contributed by atoms with Crippen LogP contribution in [0.3, 0.4) is 0 Å². The van der Waals surface area contributed by atoms with Crippen LogP contribution < -0.4 is 0 Å². The number of carbonyl (C=O) groups is 1. The second-order valence-electron chi connectivity index (χ2n) is 3.86. The summed E-state index contributed by atoms with van der Waals surface area (Å²) < 4.78 is 5.44. The molecule has 1 rings (SSSR count). The van der Waals surface area contributed by atoms with Crippen molar-refractivity contribution in [2.45, 2.75) is 45.4 Å². The van der Waals surface area contributed by atoms with Crippen LogP contribution in [0.15, 0.2) is 0 Å². The van der Waals surface area contributed by atoms with Gasteiger partial charge in [-0.05, 0) is 19.3 Å². The second-order valence-corrected chi connectivity index (χ2v) is 3.86. The highest BCUT2D eigenvalue weighted by Gasteiger charge is 2.15. The predicted octanol–water partition coefficient (Wildman–Crippen LogP) is 2.16. The molecule has 3 heteroatoms. The van der Waals surface area contributed by atoms with E-state index in [0.29, 0.717) is 13.2 Å². The van der Waals surface area contributed by atoms with Gasteiger partial charge in [-0.15, -0.1) is 0 Å². The number of ether oxygens (including phenoxy) is 1. The number of unbranched alkanes of at least 4 members (excludes halogenated alkanes) is 1. The van der Waals surface area contributed by atoms with Crippen LogP contribution in [0.4, 0.5) is 0 Å². The standard InChI is InChI=1S/C11H21NO2/c1-2-3-9-14-10-12-8-6-4-5-7-11(12)13/h2-10H2,1H3. The summed E-state index contributed by atoms with van der Waals surface area (Å²) in [5.74, 6) is 0.263. The number of hydrogen-bond acceptors (Lipinski definition) is 2. The van der Waals surface area contributed by atoms with Gasteiger partial charge in [-0.25, -0.2) is 0 Å². The van der Waals surface area contributed by atoms with E-state index in [1.54, 1.807) is 0 Å². The molecule has 0 aromatic heterocycles. The number of amides is 1. The van der Waals surface area contributed by atoms with Gasteiger partial charge in [-0.1, -0.05) is 19.8 Å². The Kier molecular flexibility index (Phi) is 5.60. The van der Waals surface area contributed by atoms with Crippen molar-refractivity contribution in [1.29, 1.82) is 0 Å². The molecule has 0 N–H and O–H groups in total. The van der Waals surface area contributed by atoms with Gasteiger partial charge in [0, 0.05) is 19.6 Å². The number of rotatable bonds is 5. The van der Waals surface area contributed by atoms with Gasteiger partial charge in [0.15, 0.2) is 0 Å². The third-order valence-electron chi connectivity index (χ3n) is 2.56. The summed E-state index contributed by atoms with van der Waals surface area (Å²) in [5.41, 5.74) is 0. The van der Waals surface area contributed by atoms with E-state index in [1.807, 2.05) is 4.90 Å². The Morgan fingerprint density at radius 1 is 1.36 bits per heavy atom. The van der Waals surface area contributed by atoms with Gasteiger partial charge in [0.05, 0.1) is 0 Å². The lowest BCUT2D eigenvalue weighted by atomic mass is 10.2. The minimum atomic E-state index is 0.263. The summed E-state index contributed by atoms with van der Waals surface area (Å²) >= 11 is 0. The third-order valence-corrected chi connectivity index (χ3v) is 2.56. The third kappa shape index (κ3) is 4.09. The van der Waals surface area contributed by atoms with Crippen LogP contribution in [0.1, 0.15) is 45.4 Å². The zero-order valence-electron chi connectivity index (χ0n) is 9.13. The maximum atomic E-state index is 11.5. The van der Waals surface area contributed by atoms with Gasteiger partial charge in [0.25, 0.3) is 0 Å². The zero-order chi connectivity index (χ0) is 10.2. The Bertz CT molecular complexity index is 171. The van der Waals surface area contributed by atoms with E-state index >= 15 is 0 Å². The molecule has 0 radical (unpaired) electrons. The van der Waals surface area contributed by atoms with Crippen LogP contribution in [0, 0.1) is 0 Å². The molecule has 1 saturated heterocycles. The van der Waals surface area contributed by atoms with Crippen molar-refractivity contribution in [3.05, 3.63) is 0 Å². The fourth-order valence-electron chi connectivity index (χ4n) is 1.60. The van der Waals surface area contributed by atoms with Gasteiger partial charge >= 0.3 is 0 Å². The maximum absolute atomic E-state index is 11.5. The van der Waals surface area contributed by atoms with Gasteiger partial charge in [-0.2, -0.15) is 0 Å². The van der Waals surface area contributed by atoms with E-state index in [9.17, 15) is 4.79 Å². The van der Waals surface area contributed by atoms with Crippen LogP contribution in [-0.2, 0) is 9.53 Å². The molecule has 0 saturated carbocycles. The summed E-state index contributed by atoms with van der Waals surface area (Å²) in [6, 6.07) is 0. The van der Waals surface area contributed by atoms with Crippen molar-refractivity contribution in [2.75, 3.05) is 19.9 Å². The second kappa shape index (κ2) is 6.82. The van der Waals surface area contributed by atoms with Gasteiger partial charge in [0.1, 0.15) is 6.73 Å². The Hall–Kier alpha value is -0.570. The quantitative estimate of drug-likeness (QED) is 0.635. The van der Waals surface area contributed by atoms with E-state index in [4.69, 9.17) is 4.74 Å². The summed E-state index contributed by atoms with van der Waals surface area (Å²) in [7, 11) is 0. The lowest BCUT2D eigenvalue weighted by molar-refractivity contribution is -0.136. The van der Waals surface area contributed by atoms with Crippen molar-refractivity contribution in [2.24, 2.45) is 0 Å². The van der Waals surface area contributed by atoms with E-state index in [-0.39, 0.29) is 5.91 Å². The molecular formula is C11H21NO2. The van der Waals surface area contributed by atoms with Crippen molar-refractivity contribution >= 4 is 5.91 Å². The Morgan fingerprint density at radius 2 is 2.21 bits per heavy atom. The molecule has 0 aliphatic carbocycles. The molecule has 0 bridgehead atoms. The first-order chi connectivity index (χ1) is 6.84. The first-order valence-corrected chi connectivity index (χ1v) is 5.70. The molecule has 0 aromatic rings. The average Bonchev–Trinajstić information content (AvgIpc) is 2.39. The normalized spacial score (nSPS) is 18.4.